The van der Waals surface area contributed by atoms with Crippen molar-refractivity contribution in [3.05, 3.63) is 23.0 Å². The van der Waals surface area contributed by atoms with Crippen LogP contribution in [0.3, 0.4) is 0 Å². The van der Waals surface area contributed by atoms with Gasteiger partial charge in [-0.1, -0.05) is 25.4 Å². The molecule has 0 spiro atoms. The van der Waals surface area contributed by atoms with Crippen LogP contribution in [0.5, 0.6) is 0 Å². The first-order valence-electron chi connectivity index (χ1n) is 7.44. The Labute approximate surface area is 145 Å². The Hall–Kier alpha value is -1.27. The van der Waals surface area contributed by atoms with E-state index in [4.69, 9.17) is 16.3 Å². The molecule has 1 aromatic carbocycles. The molecular formula is C16H21ClFNO3S. The van der Waals surface area contributed by atoms with Gasteiger partial charge in [-0.2, -0.15) is 0 Å². The monoisotopic (exact) mass is 361 g/mol. The van der Waals surface area contributed by atoms with Gasteiger partial charge in [0.2, 0.25) is 5.91 Å². The Kier molecular flexibility index (Phi) is 7.85. The van der Waals surface area contributed by atoms with E-state index in [1.807, 2.05) is 6.92 Å². The summed E-state index contributed by atoms with van der Waals surface area (Å²) >= 11 is 7.26. The van der Waals surface area contributed by atoms with Crippen LogP contribution in [0.15, 0.2) is 17.0 Å². The van der Waals surface area contributed by atoms with Crippen molar-refractivity contribution < 1.29 is 18.7 Å². The molecule has 1 amide bonds. The van der Waals surface area contributed by atoms with E-state index in [-0.39, 0.29) is 35.1 Å². The van der Waals surface area contributed by atoms with Gasteiger partial charge in [0.25, 0.3) is 0 Å². The molecule has 0 aliphatic rings. The standard InChI is InChI=1S/C16H21ClFNO3S/c1-5-13(16(21)22-9(3)4)23-14-8-12(19-15(20)6-2)11(18)7-10(14)17/h7-9,13H,5-6H2,1-4H3,(H,19,20). The molecule has 7 heteroatoms. The molecule has 0 aromatic heterocycles. The van der Waals surface area contributed by atoms with Gasteiger partial charge in [0.05, 0.1) is 16.8 Å². The number of esters is 1. The Morgan fingerprint density at radius 1 is 1.35 bits per heavy atom. The zero-order valence-corrected chi connectivity index (χ0v) is 15.2. The van der Waals surface area contributed by atoms with Crippen LogP contribution in [-0.4, -0.2) is 23.2 Å². The molecule has 0 saturated heterocycles. The number of carbonyl (C=O) groups excluding carboxylic acids is 2. The van der Waals surface area contributed by atoms with E-state index < -0.39 is 11.1 Å². The van der Waals surface area contributed by atoms with Crippen LogP contribution in [0.1, 0.15) is 40.5 Å². The van der Waals surface area contributed by atoms with E-state index in [9.17, 15) is 14.0 Å². The second-order valence-electron chi connectivity index (χ2n) is 5.16. The lowest BCUT2D eigenvalue weighted by Gasteiger charge is -2.17. The molecule has 0 radical (unpaired) electrons. The first kappa shape index (κ1) is 19.8. The fraction of sp³-hybridized carbons (Fsp3) is 0.500. The Balaban J connectivity index is 2.99. The fourth-order valence-electron chi connectivity index (χ4n) is 1.71. The van der Waals surface area contributed by atoms with E-state index in [2.05, 4.69) is 5.32 Å². The number of halogens is 2. The number of amides is 1. The molecule has 4 nitrogen and oxygen atoms in total. The largest absolute Gasteiger partial charge is 0.462 e. The van der Waals surface area contributed by atoms with Crippen LogP contribution in [0, 0.1) is 5.82 Å². The van der Waals surface area contributed by atoms with Crippen molar-refractivity contribution in [3.63, 3.8) is 0 Å². The molecule has 1 rings (SSSR count). The van der Waals surface area contributed by atoms with Crippen LogP contribution in [0.2, 0.25) is 5.02 Å². The lowest BCUT2D eigenvalue weighted by Crippen LogP contribution is -2.22. The molecule has 0 aliphatic heterocycles. The summed E-state index contributed by atoms with van der Waals surface area (Å²) in [6, 6.07) is 2.58. The smallest absolute Gasteiger partial charge is 0.319 e. The van der Waals surface area contributed by atoms with E-state index in [0.717, 1.165) is 6.07 Å². The highest BCUT2D eigenvalue weighted by Crippen LogP contribution is 2.36. The third-order valence-corrected chi connectivity index (χ3v) is 4.70. The molecule has 0 heterocycles. The predicted octanol–water partition coefficient (Wildman–Crippen LogP) is 4.65. The normalized spacial score (nSPS) is 12.1. The lowest BCUT2D eigenvalue weighted by atomic mass is 10.3. The predicted molar refractivity (Wildman–Crippen MR) is 91.5 cm³/mol. The summed E-state index contributed by atoms with van der Waals surface area (Å²) in [4.78, 5) is 24.0. The number of carbonyl (C=O) groups is 2. The van der Waals surface area contributed by atoms with Gasteiger partial charge in [0.15, 0.2) is 0 Å². The van der Waals surface area contributed by atoms with Gasteiger partial charge in [-0.3, -0.25) is 9.59 Å². The van der Waals surface area contributed by atoms with Gasteiger partial charge in [-0.25, -0.2) is 4.39 Å². The van der Waals surface area contributed by atoms with Gasteiger partial charge in [0, 0.05) is 11.3 Å². The summed E-state index contributed by atoms with van der Waals surface area (Å²) in [6.45, 7) is 7.08. The van der Waals surface area contributed by atoms with Crippen LogP contribution >= 0.6 is 23.4 Å². The zero-order chi connectivity index (χ0) is 17.6. The summed E-state index contributed by atoms with van der Waals surface area (Å²) in [7, 11) is 0. The van der Waals surface area contributed by atoms with Crippen molar-refractivity contribution in [1.82, 2.24) is 0 Å². The van der Waals surface area contributed by atoms with E-state index in [1.165, 1.54) is 17.8 Å². The molecule has 0 bridgehead atoms. The number of thioether (sulfide) groups is 1. The Morgan fingerprint density at radius 2 is 2.00 bits per heavy atom. The average Bonchev–Trinajstić information content (AvgIpc) is 2.47. The highest BCUT2D eigenvalue weighted by atomic mass is 35.5. The third-order valence-electron chi connectivity index (χ3n) is 2.87. The average molecular weight is 362 g/mol. The van der Waals surface area contributed by atoms with Gasteiger partial charge < -0.3 is 10.1 Å². The van der Waals surface area contributed by atoms with Gasteiger partial charge in [-0.15, -0.1) is 11.8 Å². The van der Waals surface area contributed by atoms with Crippen molar-refractivity contribution in [2.75, 3.05) is 5.32 Å². The van der Waals surface area contributed by atoms with Gasteiger partial charge >= 0.3 is 5.97 Å². The van der Waals surface area contributed by atoms with Crippen molar-refractivity contribution in [2.24, 2.45) is 0 Å². The SMILES string of the molecule is CCC(=O)Nc1cc(SC(CC)C(=O)OC(C)C)c(Cl)cc1F. The quantitative estimate of drug-likeness (QED) is 0.567. The second-order valence-corrected chi connectivity index (χ2v) is 6.82. The molecule has 0 saturated carbocycles. The fourth-order valence-corrected chi connectivity index (χ4v) is 2.98. The molecule has 0 aliphatic carbocycles. The summed E-state index contributed by atoms with van der Waals surface area (Å²) < 4.78 is 19.1. The van der Waals surface area contributed by atoms with Gasteiger partial charge in [-0.05, 0) is 32.4 Å². The minimum Gasteiger partial charge on any atom is -0.462 e. The summed E-state index contributed by atoms with van der Waals surface area (Å²) in [5.74, 6) is -1.25. The topological polar surface area (TPSA) is 55.4 Å². The Bertz CT molecular complexity index is 581. The number of anilines is 1. The summed E-state index contributed by atoms with van der Waals surface area (Å²) in [5.41, 5.74) is 0.0517. The minimum atomic E-state index is -0.612. The lowest BCUT2D eigenvalue weighted by molar-refractivity contribution is -0.146. The maximum atomic E-state index is 13.9. The number of rotatable bonds is 7. The number of benzene rings is 1. The summed E-state index contributed by atoms with van der Waals surface area (Å²) in [5, 5.41) is 2.22. The first-order valence-corrected chi connectivity index (χ1v) is 8.70. The van der Waals surface area contributed by atoms with Gasteiger partial charge in [0.1, 0.15) is 11.1 Å². The van der Waals surface area contributed by atoms with Crippen molar-refractivity contribution in [1.29, 1.82) is 0 Å². The number of hydrogen-bond acceptors (Lipinski definition) is 4. The first-order chi connectivity index (χ1) is 10.8. The minimum absolute atomic E-state index is 0.0517. The zero-order valence-electron chi connectivity index (χ0n) is 13.6. The number of ether oxygens (including phenoxy) is 1. The number of hydrogen-bond donors (Lipinski definition) is 1. The van der Waals surface area contributed by atoms with Crippen LogP contribution in [0.25, 0.3) is 0 Å². The molecule has 1 N–H and O–H groups in total. The molecule has 0 fully saturated rings. The van der Waals surface area contributed by atoms with Crippen LogP contribution in [0.4, 0.5) is 10.1 Å². The Morgan fingerprint density at radius 3 is 2.52 bits per heavy atom. The van der Waals surface area contributed by atoms with E-state index in [0.29, 0.717) is 11.3 Å². The van der Waals surface area contributed by atoms with E-state index in [1.54, 1.807) is 20.8 Å². The summed E-state index contributed by atoms with van der Waals surface area (Å²) in [6.07, 6.45) is 0.573. The van der Waals surface area contributed by atoms with Crippen LogP contribution in [-0.2, 0) is 14.3 Å². The molecule has 1 unspecified atom stereocenters. The highest BCUT2D eigenvalue weighted by molar-refractivity contribution is 8.00. The van der Waals surface area contributed by atoms with Crippen molar-refractivity contribution in [3.8, 4) is 0 Å². The third kappa shape index (κ3) is 6.03. The molecular weight excluding hydrogens is 341 g/mol. The highest BCUT2D eigenvalue weighted by Gasteiger charge is 2.22. The van der Waals surface area contributed by atoms with E-state index >= 15 is 0 Å². The maximum absolute atomic E-state index is 13.9. The van der Waals surface area contributed by atoms with Crippen molar-refractivity contribution >= 4 is 40.9 Å². The molecule has 1 atom stereocenters. The molecule has 23 heavy (non-hydrogen) atoms. The molecule has 1 aromatic rings. The van der Waals surface area contributed by atoms with Crippen LogP contribution < -0.4 is 5.32 Å². The maximum Gasteiger partial charge on any atom is 0.319 e. The molecule has 128 valence electrons. The second kappa shape index (κ2) is 9.13. The van der Waals surface area contributed by atoms with Crippen molar-refractivity contribution in [2.45, 2.75) is 56.8 Å². The number of nitrogens with one attached hydrogen (secondary N) is 1.